The Morgan fingerprint density at radius 3 is 2.48 bits per heavy atom. The fourth-order valence-corrected chi connectivity index (χ4v) is 3.60. The van der Waals surface area contributed by atoms with Crippen molar-refractivity contribution >= 4 is 5.91 Å². The van der Waals surface area contributed by atoms with Crippen LogP contribution in [0.1, 0.15) is 56.7 Å². The molecular formula is C22H27NO2. The zero-order valence-corrected chi connectivity index (χ0v) is 15.1. The second-order valence-electron chi connectivity index (χ2n) is 6.84. The Morgan fingerprint density at radius 2 is 1.76 bits per heavy atom. The molecule has 0 radical (unpaired) electrons. The number of carbonyl (C=O) groups is 1. The van der Waals surface area contributed by atoms with Crippen molar-refractivity contribution in [3.63, 3.8) is 0 Å². The van der Waals surface area contributed by atoms with E-state index >= 15 is 0 Å². The lowest BCUT2D eigenvalue weighted by Gasteiger charge is -2.41. The van der Waals surface area contributed by atoms with Gasteiger partial charge in [0, 0.05) is 18.4 Å². The standard InChI is InChI=1S/C22H27NO2/c1-3-22(4-2)16-19(18-12-8-9-13-20(18)25-22)23-21(24)15-14-17-10-6-5-7-11-17/h5-13,19H,3-4,14-16H2,1-2H3,(H,23,24). The van der Waals surface area contributed by atoms with Crippen LogP contribution in [0.25, 0.3) is 0 Å². The number of carbonyl (C=O) groups excluding carboxylic acids is 1. The number of hydrogen-bond donors (Lipinski definition) is 1. The molecule has 1 heterocycles. The zero-order chi connectivity index (χ0) is 17.7. The van der Waals surface area contributed by atoms with Gasteiger partial charge in [-0.1, -0.05) is 62.4 Å². The molecule has 0 aliphatic carbocycles. The van der Waals surface area contributed by atoms with E-state index in [-0.39, 0.29) is 17.6 Å². The van der Waals surface area contributed by atoms with E-state index < -0.39 is 0 Å². The van der Waals surface area contributed by atoms with Gasteiger partial charge in [-0.15, -0.1) is 0 Å². The summed E-state index contributed by atoms with van der Waals surface area (Å²) in [5.41, 5.74) is 2.10. The third kappa shape index (κ3) is 4.04. The molecule has 3 heteroatoms. The molecule has 1 N–H and O–H groups in total. The van der Waals surface area contributed by atoms with Gasteiger partial charge in [-0.3, -0.25) is 4.79 Å². The van der Waals surface area contributed by atoms with Gasteiger partial charge in [-0.2, -0.15) is 0 Å². The number of nitrogens with one attached hydrogen (secondary N) is 1. The molecule has 25 heavy (non-hydrogen) atoms. The molecule has 3 nitrogen and oxygen atoms in total. The van der Waals surface area contributed by atoms with Crippen molar-refractivity contribution in [3.05, 3.63) is 65.7 Å². The highest BCUT2D eigenvalue weighted by Crippen LogP contribution is 2.42. The molecule has 0 saturated heterocycles. The van der Waals surface area contributed by atoms with Gasteiger partial charge in [0.2, 0.25) is 5.91 Å². The third-order valence-corrected chi connectivity index (χ3v) is 5.30. The molecule has 0 fully saturated rings. The summed E-state index contributed by atoms with van der Waals surface area (Å²) in [6, 6.07) is 18.3. The highest BCUT2D eigenvalue weighted by Gasteiger charge is 2.38. The summed E-state index contributed by atoms with van der Waals surface area (Å²) in [4.78, 5) is 12.5. The molecule has 0 saturated carbocycles. The monoisotopic (exact) mass is 337 g/mol. The van der Waals surface area contributed by atoms with Crippen LogP contribution in [0.5, 0.6) is 5.75 Å². The second-order valence-corrected chi connectivity index (χ2v) is 6.84. The normalized spacial score (nSPS) is 18.1. The molecule has 2 aromatic rings. The lowest BCUT2D eigenvalue weighted by molar-refractivity contribution is -0.122. The van der Waals surface area contributed by atoms with Crippen LogP contribution in [-0.4, -0.2) is 11.5 Å². The van der Waals surface area contributed by atoms with Crippen molar-refractivity contribution in [1.82, 2.24) is 5.32 Å². The Kier molecular flexibility index (Phi) is 5.42. The number of ether oxygens (including phenoxy) is 1. The van der Waals surface area contributed by atoms with Crippen molar-refractivity contribution in [1.29, 1.82) is 0 Å². The van der Waals surface area contributed by atoms with E-state index in [0.29, 0.717) is 6.42 Å². The van der Waals surface area contributed by atoms with E-state index in [4.69, 9.17) is 4.74 Å². The SMILES string of the molecule is CCC1(CC)CC(NC(=O)CCc2ccccc2)c2ccccc2O1. The molecule has 1 aliphatic rings. The van der Waals surface area contributed by atoms with E-state index in [1.807, 2.05) is 36.4 Å². The number of benzene rings is 2. The number of rotatable bonds is 6. The predicted octanol–water partition coefficient (Wildman–Crippen LogP) is 4.82. The Morgan fingerprint density at radius 1 is 1.08 bits per heavy atom. The first-order valence-corrected chi connectivity index (χ1v) is 9.27. The van der Waals surface area contributed by atoms with Gasteiger partial charge in [0.1, 0.15) is 11.4 Å². The van der Waals surface area contributed by atoms with Crippen LogP contribution in [0.3, 0.4) is 0 Å². The molecule has 2 aromatic carbocycles. The number of para-hydroxylation sites is 1. The van der Waals surface area contributed by atoms with Gasteiger partial charge < -0.3 is 10.1 Å². The van der Waals surface area contributed by atoms with Crippen molar-refractivity contribution < 1.29 is 9.53 Å². The van der Waals surface area contributed by atoms with Crippen molar-refractivity contribution in [2.24, 2.45) is 0 Å². The minimum atomic E-state index is -0.189. The van der Waals surface area contributed by atoms with Gasteiger partial charge in [0.25, 0.3) is 0 Å². The lowest BCUT2D eigenvalue weighted by Crippen LogP contribution is -2.44. The highest BCUT2D eigenvalue weighted by molar-refractivity contribution is 5.77. The summed E-state index contributed by atoms with van der Waals surface area (Å²) in [5.74, 6) is 1.01. The van der Waals surface area contributed by atoms with E-state index in [1.54, 1.807) is 0 Å². The van der Waals surface area contributed by atoms with Crippen LogP contribution in [0.2, 0.25) is 0 Å². The number of aryl methyl sites for hydroxylation is 1. The van der Waals surface area contributed by atoms with Gasteiger partial charge in [-0.25, -0.2) is 0 Å². The van der Waals surface area contributed by atoms with Gasteiger partial charge in [0.05, 0.1) is 6.04 Å². The summed E-state index contributed by atoms with van der Waals surface area (Å²) < 4.78 is 6.31. The molecule has 3 rings (SSSR count). The topological polar surface area (TPSA) is 38.3 Å². The Bertz CT molecular complexity index is 707. The largest absolute Gasteiger partial charge is 0.487 e. The maximum absolute atomic E-state index is 12.5. The van der Waals surface area contributed by atoms with Crippen LogP contribution < -0.4 is 10.1 Å². The zero-order valence-electron chi connectivity index (χ0n) is 15.1. The van der Waals surface area contributed by atoms with Crippen molar-refractivity contribution in [2.45, 2.75) is 57.6 Å². The summed E-state index contributed by atoms with van der Waals surface area (Å²) in [5, 5.41) is 3.25. The maximum Gasteiger partial charge on any atom is 0.220 e. The average Bonchev–Trinajstić information content (AvgIpc) is 2.67. The molecule has 0 aromatic heterocycles. The molecule has 0 spiro atoms. The van der Waals surface area contributed by atoms with Crippen LogP contribution >= 0.6 is 0 Å². The Hall–Kier alpha value is -2.29. The first kappa shape index (κ1) is 17.5. The smallest absolute Gasteiger partial charge is 0.220 e. The van der Waals surface area contributed by atoms with Gasteiger partial charge in [0.15, 0.2) is 0 Å². The van der Waals surface area contributed by atoms with E-state index in [0.717, 1.165) is 37.0 Å². The molecule has 1 unspecified atom stereocenters. The Labute approximate surface area is 150 Å². The summed E-state index contributed by atoms with van der Waals surface area (Å²) >= 11 is 0. The maximum atomic E-state index is 12.5. The van der Waals surface area contributed by atoms with Crippen molar-refractivity contribution in [3.8, 4) is 5.75 Å². The number of hydrogen-bond acceptors (Lipinski definition) is 2. The summed E-state index contributed by atoms with van der Waals surface area (Å²) in [7, 11) is 0. The second kappa shape index (κ2) is 7.73. The van der Waals surface area contributed by atoms with E-state index in [9.17, 15) is 4.79 Å². The van der Waals surface area contributed by atoms with Crippen LogP contribution in [0, 0.1) is 0 Å². The molecule has 1 amide bonds. The van der Waals surface area contributed by atoms with E-state index in [2.05, 4.69) is 37.4 Å². The third-order valence-electron chi connectivity index (χ3n) is 5.30. The lowest BCUT2D eigenvalue weighted by atomic mass is 9.83. The summed E-state index contributed by atoms with van der Waals surface area (Å²) in [6.45, 7) is 4.32. The predicted molar refractivity (Wildman–Crippen MR) is 101 cm³/mol. The highest BCUT2D eigenvalue weighted by atomic mass is 16.5. The minimum absolute atomic E-state index is 0.0214. The van der Waals surface area contributed by atoms with Gasteiger partial charge in [-0.05, 0) is 30.9 Å². The minimum Gasteiger partial charge on any atom is -0.487 e. The van der Waals surface area contributed by atoms with Gasteiger partial charge >= 0.3 is 0 Å². The summed E-state index contributed by atoms with van der Waals surface area (Å²) in [6.07, 6.45) is 3.98. The molecule has 0 bridgehead atoms. The first-order valence-electron chi connectivity index (χ1n) is 9.27. The average molecular weight is 337 g/mol. The molecule has 1 aliphatic heterocycles. The molecular weight excluding hydrogens is 310 g/mol. The van der Waals surface area contributed by atoms with Crippen LogP contribution in [-0.2, 0) is 11.2 Å². The quantitative estimate of drug-likeness (QED) is 0.821. The fraction of sp³-hybridized carbons (Fsp3) is 0.409. The molecule has 132 valence electrons. The van der Waals surface area contributed by atoms with Crippen LogP contribution in [0.15, 0.2) is 54.6 Å². The number of fused-ring (bicyclic) bond motifs is 1. The van der Waals surface area contributed by atoms with E-state index in [1.165, 1.54) is 5.56 Å². The fourth-order valence-electron chi connectivity index (χ4n) is 3.60. The molecule has 1 atom stereocenters. The van der Waals surface area contributed by atoms with Crippen LogP contribution in [0.4, 0.5) is 0 Å². The van der Waals surface area contributed by atoms with Crippen molar-refractivity contribution in [2.75, 3.05) is 0 Å². The Balaban J connectivity index is 1.70. The number of amides is 1. The first-order chi connectivity index (χ1) is 12.2.